The third-order valence-corrected chi connectivity index (χ3v) is 6.17. The average Bonchev–Trinajstić information content (AvgIpc) is 3.06. The fourth-order valence-corrected chi connectivity index (χ4v) is 4.19. The van der Waals surface area contributed by atoms with Crippen molar-refractivity contribution in [1.29, 1.82) is 0 Å². The minimum Gasteiger partial charge on any atom is -0.268 e. The molecule has 0 atom stereocenters. The SMILES string of the molecule is Cc1cc(C)n(-c2ccc(=O)n(CCNS(=O)(=O)c3cc([N+](=O)[O-])c(C)c([N+](=O)[O-])c3)n2)n1. The van der Waals surface area contributed by atoms with Crippen molar-refractivity contribution in [2.45, 2.75) is 32.2 Å². The van der Waals surface area contributed by atoms with E-state index in [2.05, 4.69) is 14.9 Å². The molecule has 0 aliphatic heterocycles. The number of hydrogen-bond donors (Lipinski definition) is 1. The Morgan fingerprint density at radius 3 is 2.12 bits per heavy atom. The zero-order valence-electron chi connectivity index (χ0n) is 17.8. The van der Waals surface area contributed by atoms with Gasteiger partial charge in [-0.25, -0.2) is 22.5 Å². The number of aromatic nitrogens is 4. The van der Waals surface area contributed by atoms with Gasteiger partial charge in [-0.1, -0.05) is 0 Å². The number of nitrogens with one attached hydrogen (secondary N) is 1. The minimum absolute atomic E-state index is 0.165. The van der Waals surface area contributed by atoms with Crippen LogP contribution in [0, 0.1) is 41.0 Å². The molecule has 0 amide bonds. The highest BCUT2D eigenvalue weighted by atomic mass is 32.2. The quantitative estimate of drug-likeness (QED) is 0.367. The maximum absolute atomic E-state index is 12.6. The maximum atomic E-state index is 12.6. The topological polar surface area (TPSA) is 185 Å². The largest absolute Gasteiger partial charge is 0.280 e. The summed E-state index contributed by atoms with van der Waals surface area (Å²) < 4.78 is 30.0. The molecule has 0 unspecified atom stereocenters. The van der Waals surface area contributed by atoms with E-state index in [1.165, 1.54) is 16.8 Å². The molecular formula is C18H19N7O7S. The molecule has 0 bridgehead atoms. The van der Waals surface area contributed by atoms with E-state index in [-0.39, 0.29) is 18.7 Å². The standard InChI is InChI=1S/C18H19N7O7S/c1-11-8-12(2)23(20-11)17-4-5-18(26)22(21-17)7-6-19-33(31,32)14-9-15(24(27)28)13(3)16(10-14)25(29)30/h4-5,8-10,19H,6-7H2,1-3H3. The first-order valence-corrected chi connectivity index (χ1v) is 10.9. The van der Waals surface area contributed by atoms with Gasteiger partial charge in [-0.15, -0.1) is 5.10 Å². The van der Waals surface area contributed by atoms with Crippen LogP contribution in [0.3, 0.4) is 0 Å². The Balaban J connectivity index is 1.84. The molecule has 0 saturated heterocycles. The van der Waals surface area contributed by atoms with Crippen molar-refractivity contribution in [3.8, 4) is 5.82 Å². The van der Waals surface area contributed by atoms with Crippen LogP contribution < -0.4 is 10.3 Å². The van der Waals surface area contributed by atoms with E-state index in [0.29, 0.717) is 5.82 Å². The summed E-state index contributed by atoms with van der Waals surface area (Å²) in [6.45, 7) is 4.31. The van der Waals surface area contributed by atoms with Gasteiger partial charge >= 0.3 is 0 Å². The van der Waals surface area contributed by atoms with Crippen molar-refractivity contribution >= 4 is 21.4 Å². The third-order valence-electron chi connectivity index (χ3n) is 4.72. The van der Waals surface area contributed by atoms with E-state index in [1.807, 2.05) is 13.0 Å². The molecule has 0 saturated carbocycles. The lowest BCUT2D eigenvalue weighted by atomic mass is 10.1. The van der Waals surface area contributed by atoms with Crippen LogP contribution in [-0.2, 0) is 16.6 Å². The zero-order chi connectivity index (χ0) is 24.5. The number of sulfonamides is 1. The van der Waals surface area contributed by atoms with Crippen LogP contribution in [0.25, 0.3) is 5.82 Å². The summed E-state index contributed by atoms with van der Waals surface area (Å²) in [5.74, 6) is 0.354. The minimum atomic E-state index is -4.36. The normalized spacial score (nSPS) is 11.5. The molecule has 1 N–H and O–H groups in total. The highest BCUT2D eigenvalue weighted by Crippen LogP contribution is 2.31. The van der Waals surface area contributed by atoms with E-state index in [4.69, 9.17) is 0 Å². The highest BCUT2D eigenvalue weighted by molar-refractivity contribution is 7.89. The average molecular weight is 477 g/mol. The fourth-order valence-electron chi connectivity index (χ4n) is 3.13. The number of hydrogen-bond acceptors (Lipinski definition) is 9. The highest BCUT2D eigenvalue weighted by Gasteiger charge is 2.27. The first-order chi connectivity index (χ1) is 15.4. The number of rotatable bonds is 8. The van der Waals surface area contributed by atoms with Crippen molar-refractivity contribution in [2.24, 2.45) is 0 Å². The molecule has 174 valence electrons. The first-order valence-electron chi connectivity index (χ1n) is 9.45. The van der Waals surface area contributed by atoms with Gasteiger partial charge in [-0.2, -0.15) is 5.10 Å². The summed E-state index contributed by atoms with van der Waals surface area (Å²) in [5.41, 5.74) is -0.601. The van der Waals surface area contributed by atoms with Gasteiger partial charge in [0, 0.05) is 30.4 Å². The van der Waals surface area contributed by atoms with Gasteiger partial charge in [-0.3, -0.25) is 25.0 Å². The molecule has 0 aliphatic rings. The lowest BCUT2D eigenvalue weighted by Gasteiger charge is -2.10. The van der Waals surface area contributed by atoms with E-state index in [0.717, 1.165) is 35.1 Å². The van der Waals surface area contributed by atoms with Crippen LogP contribution in [0.5, 0.6) is 0 Å². The smallest absolute Gasteiger partial charge is 0.268 e. The number of nitrogens with zero attached hydrogens (tertiary/aromatic N) is 6. The van der Waals surface area contributed by atoms with E-state index in [9.17, 15) is 33.4 Å². The number of benzene rings is 1. The van der Waals surface area contributed by atoms with E-state index < -0.39 is 41.7 Å². The Bertz CT molecular complexity index is 1390. The van der Waals surface area contributed by atoms with Crippen LogP contribution in [0.2, 0.25) is 0 Å². The van der Waals surface area contributed by atoms with Crippen LogP contribution in [-0.4, -0.2) is 44.4 Å². The molecule has 3 aromatic rings. The molecule has 1 aromatic carbocycles. The van der Waals surface area contributed by atoms with Gasteiger partial charge in [0.1, 0.15) is 5.56 Å². The first kappa shape index (κ1) is 23.7. The van der Waals surface area contributed by atoms with E-state index >= 15 is 0 Å². The van der Waals surface area contributed by atoms with Crippen molar-refractivity contribution in [2.75, 3.05) is 6.54 Å². The Hall–Kier alpha value is -3.98. The monoisotopic (exact) mass is 477 g/mol. The Kier molecular flexibility index (Phi) is 6.37. The van der Waals surface area contributed by atoms with Crippen molar-refractivity contribution in [3.05, 3.63) is 77.9 Å². The van der Waals surface area contributed by atoms with Gasteiger partial charge in [0.15, 0.2) is 5.82 Å². The molecule has 0 aliphatic carbocycles. The van der Waals surface area contributed by atoms with Gasteiger partial charge in [0.2, 0.25) is 10.0 Å². The molecule has 2 aromatic heterocycles. The Labute approximate surface area is 186 Å². The van der Waals surface area contributed by atoms with Crippen LogP contribution in [0.4, 0.5) is 11.4 Å². The second-order valence-electron chi connectivity index (χ2n) is 7.09. The molecule has 33 heavy (non-hydrogen) atoms. The van der Waals surface area contributed by atoms with Crippen LogP contribution in [0.15, 0.2) is 40.0 Å². The molecule has 0 spiro atoms. The lowest BCUT2D eigenvalue weighted by Crippen LogP contribution is -2.32. The van der Waals surface area contributed by atoms with Crippen molar-refractivity contribution in [3.63, 3.8) is 0 Å². The van der Waals surface area contributed by atoms with Gasteiger partial charge < -0.3 is 0 Å². The summed E-state index contributed by atoms with van der Waals surface area (Å²) >= 11 is 0. The Morgan fingerprint density at radius 1 is 1.00 bits per heavy atom. The van der Waals surface area contributed by atoms with Gasteiger partial charge in [0.25, 0.3) is 16.9 Å². The molecule has 14 nitrogen and oxygen atoms in total. The van der Waals surface area contributed by atoms with Crippen LogP contribution >= 0.6 is 0 Å². The second-order valence-corrected chi connectivity index (χ2v) is 8.86. The summed E-state index contributed by atoms with van der Waals surface area (Å²) in [7, 11) is -4.36. The fraction of sp³-hybridized carbons (Fsp3) is 0.278. The molecule has 2 heterocycles. The molecule has 3 rings (SSSR count). The summed E-state index contributed by atoms with van der Waals surface area (Å²) in [6.07, 6.45) is 0. The number of nitro benzene ring substituents is 2. The van der Waals surface area contributed by atoms with Gasteiger partial charge in [0.05, 0.1) is 27.0 Å². The van der Waals surface area contributed by atoms with Crippen LogP contribution in [0.1, 0.15) is 17.0 Å². The Morgan fingerprint density at radius 2 is 1.61 bits per heavy atom. The van der Waals surface area contributed by atoms with Crippen molar-refractivity contribution in [1.82, 2.24) is 24.3 Å². The van der Waals surface area contributed by atoms with E-state index in [1.54, 1.807) is 6.92 Å². The zero-order valence-corrected chi connectivity index (χ0v) is 18.6. The maximum Gasteiger partial charge on any atom is 0.280 e. The lowest BCUT2D eigenvalue weighted by molar-refractivity contribution is -0.395. The predicted molar refractivity (Wildman–Crippen MR) is 115 cm³/mol. The molecule has 0 radical (unpaired) electrons. The summed E-state index contributed by atoms with van der Waals surface area (Å²) in [5, 5.41) is 30.9. The van der Waals surface area contributed by atoms with Crippen molar-refractivity contribution < 1.29 is 18.3 Å². The number of aryl methyl sites for hydroxylation is 2. The second kappa shape index (κ2) is 8.87. The number of nitro groups is 2. The molecule has 0 fully saturated rings. The van der Waals surface area contributed by atoms with Gasteiger partial charge in [-0.05, 0) is 32.9 Å². The third kappa shape index (κ3) is 4.93. The summed E-state index contributed by atoms with van der Waals surface area (Å²) in [6, 6.07) is 6.06. The summed E-state index contributed by atoms with van der Waals surface area (Å²) in [4.78, 5) is 32.1. The molecule has 15 heteroatoms. The molecular weight excluding hydrogens is 458 g/mol. The predicted octanol–water partition coefficient (Wildman–Crippen LogP) is 1.15.